The van der Waals surface area contributed by atoms with Crippen molar-refractivity contribution in [2.75, 3.05) is 19.8 Å². The van der Waals surface area contributed by atoms with Gasteiger partial charge in [-0.2, -0.15) is 0 Å². The molecular formula is C16H20N2O2S. The van der Waals surface area contributed by atoms with Crippen molar-refractivity contribution in [3.8, 4) is 0 Å². The summed E-state index contributed by atoms with van der Waals surface area (Å²) in [5, 5.41) is 7.62. The molecule has 112 valence electrons. The van der Waals surface area contributed by atoms with Crippen molar-refractivity contribution < 1.29 is 9.53 Å². The lowest BCUT2D eigenvalue weighted by atomic mass is 10.1. The van der Waals surface area contributed by atoms with Crippen LogP contribution in [-0.2, 0) is 9.53 Å². The minimum absolute atomic E-state index is 0.0411. The van der Waals surface area contributed by atoms with E-state index in [4.69, 9.17) is 4.74 Å². The summed E-state index contributed by atoms with van der Waals surface area (Å²) in [6.45, 7) is 4.21. The van der Waals surface area contributed by atoms with E-state index in [1.54, 1.807) is 11.3 Å². The Kier molecular flexibility index (Phi) is 4.53. The summed E-state index contributed by atoms with van der Waals surface area (Å²) in [5.74, 6) is 0.0722. The van der Waals surface area contributed by atoms with Crippen molar-refractivity contribution in [3.63, 3.8) is 0 Å². The molecule has 1 aromatic carbocycles. The Labute approximate surface area is 128 Å². The van der Waals surface area contributed by atoms with Crippen molar-refractivity contribution in [3.05, 3.63) is 35.2 Å². The quantitative estimate of drug-likeness (QED) is 0.912. The van der Waals surface area contributed by atoms with Crippen LogP contribution in [0.4, 0.5) is 0 Å². The number of thiophene rings is 1. The number of morpholine rings is 1. The van der Waals surface area contributed by atoms with E-state index in [0.29, 0.717) is 13.0 Å². The van der Waals surface area contributed by atoms with Gasteiger partial charge in [0.1, 0.15) is 0 Å². The molecule has 0 radical (unpaired) electrons. The van der Waals surface area contributed by atoms with Gasteiger partial charge in [-0.25, -0.2) is 0 Å². The molecule has 2 heterocycles. The smallest absolute Gasteiger partial charge is 0.222 e. The fourth-order valence-electron chi connectivity index (χ4n) is 2.56. The van der Waals surface area contributed by atoms with Crippen molar-refractivity contribution in [1.29, 1.82) is 0 Å². The number of rotatable bonds is 4. The minimum atomic E-state index is 0.0411. The summed E-state index contributed by atoms with van der Waals surface area (Å²) in [6.07, 6.45) is 0.467. The summed E-state index contributed by atoms with van der Waals surface area (Å²) < 4.78 is 6.63. The van der Waals surface area contributed by atoms with Gasteiger partial charge in [0.25, 0.3) is 0 Å². The highest BCUT2D eigenvalue weighted by Gasteiger charge is 2.19. The molecule has 21 heavy (non-hydrogen) atoms. The van der Waals surface area contributed by atoms with Crippen molar-refractivity contribution in [2.24, 2.45) is 0 Å². The Hall–Kier alpha value is -1.43. The molecule has 0 bridgehead atoms. The number of carbonyl (C=O) groups is 1. The average Bonchev–Trinajstić information content (AvgIpc) is 2.92. The number of fused-ring (bicyclic) bond motifs is 1. The number of ether oxygens (including phenoxy) is 1. The number of carbonyl (C=O) groups excluding carboxylic acids is 1. The highest BCUT2D eigenvalue weighted by molar-refractivity contribution is 7.19. The monoisotopic (exact) mass is 304 g/mol. The maximum atomic E-state index is 12.1. The van der Waals surface area contributed by atoms with E-state index >= 15 is 0 Å². The summed E-state index contributed by atoms with van der Waals surface area (Å²) in [4.78, 5) is 13.3. The minimum Gasteiger partial charge on any atom is -0.378 e. The van der Waals surface area contributed by atoms with Crippen LogP contribution in [0.2, 0.25) is 0 Å². The van der Waals surface area contributed by atoms with Gasteiger partial charge in [0.15, 0.2) is 0 Å². The molecule has 4 nitrogen and oxygen atoms in total. The van der Waals surface area contributed by atoms with Gasteiger partial charge >= 0.3 is 0 Å². The molecule has 1 amide bonds. The first kappa shape index (κ1) is 14.5. The molecule has 1 aromatic heterocycles. The predicted octanol–water partition coefficient (Wildman–Crippen LogP) is 2.46. The van der Waals surface area contributed by atoms with Crippen molar-refractivity contribution in [2.45, 2.75) is 25.4 Å². The standard InChI is InChI=1S/C16H20N2O2S/c1-11(15-8-12-4-2-3-5-14(12)21-15)18-16(19)9-13-10-20-7-6-17-13/h2-5,8,11,13,17H,6-7,9-10H2,1H3,(H,18,19). The van der Waals surface area contributed by atoms with Gasteiger partial charge in [0, 0.05) is 28.6 Å². The fourth-order valence-corrected chi connectivity index (χ4v) is 3.63. The number of nitrogens with one attached hydrogen (secondary N) is 2. The van der Waals surface area contributed by atoms with Gasteiger partial charge < -0.3 is 15.4 Å². The molecule has 3 rings (SSSR count). The van der Waals surface area contributed by atoms with Gasteiger partial charge in [-0.05, 0) is 24.4 Å². The Balaban J connectivity index is 1.59. The van der Waals surface area contributed by atoms with E-state index in [1.165, 1.54) is 15.0 Å². The highest BCUT2D eigenvalue weighted by Crippen LogP contribution is 2.29. The molecule has 1 fully saturated rings. The maximum Gasteiger partial charge on any atom is 0.222 e. The molecule has 5 heteroatoms. The molecule has 0 saturated carbocycles. The first-order valence-electron chi connectivity index (χ1n) is 7.31. The number of hydrogen-bond acceptors (Lipinski definition) is 4. The second-order valence-corrected chi connectivity index (χ2v) is 6.52. The van der Waals surface area contributed by atoms with Gasteiger partial charge in [-0.3, -0.25) is 4.79 Å². The third kappa shape index (κ3) is 3.61. The molecule has 1 saturated heterocycles. The van der Waals surface area contributed by atoms with Crippen LogP contribution < -0.4 is 10.6 Å². The van der Waals surface area contributed by atoms with Gasteiger partial charge in [0.2, 0.25) is 5.91 Å². The van der Waals surface area contributed by atoms with E-state index in [1.807, 2.05) is 19.1 Å². The molecule has 2 atom stereocenters. The third-order valence-electron chi connectivity index (χ3n) is 3.68. The zero-order valence-electron chi connectivity index (χ0n) is 12.1. The van der Waals surface area contributed by atoms with E-state index in [2.05, 4.69) is 28.8 Å². The number of amides is 1. The predicted molar refractivity (Wildman–Crippen MR) is 85.6 cm³/mol. The topological polar surface area (TPSA) is 50.4 Å². The Morgan fingerprint density at radius 2 is 2.38 bits per heavy atom. The zero-order valence-corrected chi connectivity index (χ0v) is 12.9. The molecule has 0 spiro atoms. The average molecular weight is 304 g/mol. The second kappa shape index (κ2) is 6.56. The molecule has 2 unspecified atom stereocenters. The largest absolute Gasteiger partial charge is 0.378 e. The van der Waals surface area contributed by atoms with E-state index in [0.717, 1.165) is 13.2 Å². The molecule has 0 aliphatic carbocycles. The number of benzene rings is 1. The lowest BCUT2D eigenvalue weighted by Gasteiger charge is -2.24. The normalized spacial score (nSPS) is 20.3. The van der Waals surface area contributed by atoms with Crippen LogP contribution in [0, 0.1) is 0 Å². The lowest BCUT2D eigenvalue weighted by molar-refractivity contribution is -0.122. The highest BCUT2D eigenvalue weighted by atomic mass is 32.1. The first-order valence-corrected chi connectivity index (χ1v) is 8.13. The molecular weight excluding hydrogens is 284 g/mol. The zero-order chi connectivity index (χ0) is 14.7. The van der Waals surface area contributed by atoms with Crippen LogP contribution >= 0.6 is 11.3 Å². The van der Waals surface area contributed by atoms with Crippen LogP contribution in [-0.4, -0.2) is 31.7 Å². The summed E-state index contributed by atoms with van der Waals surface area (Å²) in [6, 6.07) is 10.6. The van der Waals surface area contributed by atoms with Crippen LogP contribution in [0.3, 0.4) is 0 Å². The molecule has 1 aliphatic rings. The molecule has 2 N–H and O–H groups in total. The van der Waals surface area contributed by atoms with Crippen LogP contribution in [0.5, 0.6) is 0 Å². The Bertz CT molecular complexity index is 587. The van der Waals surface area contributed by atoms with Gasteiger partial charge in [0.05, 0.1) is 19.3 Å². The Morgan fingerprint density at radius 3 is 3.14 bits per heavy atom. The van der Waals surface area contributed by atoms with Crippen LogP contribution in [0.1, 0.15) is 24.3 Å². The van der Waals surface area contributed by atoms with E-state index in [9.17, 15) is 4.79 Å². The maximum absolute atomic E-state index is 12.1. The van der Waals surface area contributed by atoms with Gasteiger partial charge in [-0.1, -0.05) is 18.2 Å². The van der Waals surface area contributed by atoms with E-state index in [-0.39, 0.29) is 18.0 Å². The number of hydrogen-bond donors (Lipinski definition) is 2. The molecule has 1 aliphatic heterocycles. The first-order chi connectivity index (χ1) is 10.2. The summed E-state index contributed by atoms with van der Waals surface area (Å²) in [5.41, 5.74) is 0. The van der Waals surface area contributed by atoms with Crippen LogP contribution in [0.25, 0.3) is 10.1 Å². The summed E-state index contributed by atoms with van der Waals surface area (Å²) >= 11 is 1.74. The SMILES string of the molecule is CC(NC(=O)CC1COCCN1)c1cc2ccccc2s1. The molecule has 2 aromatic rings. The van der Waals surface area contributed by atoms with Crippen molar-refractivity contribution >= 4 is 27.3 Å². The fraction of sp³-hybridized carbons (Fsp3) is 0.438. The van der Waals surface area contributed by atoms with Crippen LogP contribution in [0.15, 0.2) is 30.3 Å². The second-order valence-electron chi connectivity index (χ2n) is 5.41. The van der Waals surface area contributed by atoms with Crippen molar-refractivity contribution in [1.82, 2.24) is 10.6 Å². The Morgan fingerprint density at radius 1 is 1.52 bits per heavy atom. The third-order valence-corrected chi connectivity index (χ3v) is 4.98. The lowest BCUT2D eigenvalue weighted by Crippen LogP contribution is -2.44. The van der Waals surface area contributed by atoms with Gasteiger partial charge in [-0.15, -0.1) is 11.3 Å². The van der Waals surface area contributed by atoms with E-state index < -0.39 is 0 Å². The summed E-state index contributed by atoms with van der Waals surface area (Å²) in [7, 11) is 0.